The minimum atomic E-state index is -0.140. The fourth-order valence-electron chi connectivity index (χ4n) is 2.18. The van der Waals surface area contributed by atoms with Gasteiger partial charge in [-0.2, -0.15) is 0 Å². The lowest BCUT2D eigenvalue weighted by Crippen LogP contribution is -2.17. The number of hydrogen-bond acceptors (Lipinski definition) is 4. The van der Waals surface area contributed by atoms with Crippen LogP contribution in [-0.2, 0) is 5.41 Å². The predicted octanol–water partition coefficient (Wildman–Crippen LogP) is 3.57. The molecule has 0 aliphatic heterocycles. The lowest BCUT2D eigenvalue weighted by atomic mass is 9.95. The number of rotatable bonds is 1. The molecule has 0 spiro atoms. The van der Waals surface area contributed by atoms with Crippen LogP contribution in [0, 0.1) is 0 Å². The molecule has 0 saturated heterocycles. The third-order valence-electron chi connectivity index (χ3n) is 3.32. The summed E-state index contributed by atoms with van der Waals surface area (Å²) in [5.74, 6) is 1.24. The van der Waals surface area contributed by atoms with Gasteiger partial charge >= 0.3 is 0 Å². The average molecular weight is 278 g/mol. The van der Waals surface area contributed by atoms with Gasteiger partial charge in [-0.1, -0.05) is 39.0 Å². The first kappa shape index (κ1) is 13.5. The van der Waals surface area contributed by atoms with Gasteiger partial charge in [0.15, 0.2) is 0 Å². The Labute approximate surface area is 124 Å². The zero-order valence-corrected chi connectivity index (χ0v) is 12.5. The zero-order valence-electron chi connectivity index (χ0n) is 12.5. The number of fused-ring (bicyclic) bond motifs is 1. The summed E-state index contributed by atoms with van der Waals surface area (Å²) in [6.07, 6.45) is 1.79. The molecule has 0 fully saturated rings. The van der Waals surface area contributed by atoms with E-state index in [0.717, 1.165) is 28.0 Å². The second-order valence-electron chi connectivity index (χ2n) is 6.16. The standard InChI is InChI=1S/C17H18N4/c1-17(2,3)16-20-14(10-15(18)21-16)12-7-6-11-5-4-8-19-13(11)9-12/h4-10H,1-3H3,(H2,18,20,21). The Morgan fingerprint density at radius 2 is 1.81 bits per heavy atom. The van der Waals surface area contributed by atoms with E-state index in [1.807, 2.05) is 30.3 Å². The van der Waals surface area contributed by atoms with Crippen molar-refractivity contribution in [3.05, 3.63) is 48.4 Å². The zero-order chi connectivity index (χ0) is 15.0. The first-order chi connectivity index (χ1) is 9.93. The number of nitrogens with two attached hydrogens (primary N) is 1. The van der Waals surface area contributed by atoms with Crippen molar-refractivity contribution in [1.82, 2.24) is 15.0 Å². The van der Waals surface area contributed by atoms with Crippen molar-refractivity contribution >= 4 is 16.7 Å². The quantitative estimate of drug-likeness (QED) is 0.739. The van der Waals surface area contributed by atoms with Crippen LogP contribution in [0.4, 0.5) is 5.82 Å². The molecule has 4 heteroatoms. The van der Waals surface area contributed by atoms with Crippen LogP contribution in [0.5, 0.6) is 0 Å². The number of aromatic nitrogens is 3. The molecule has 0 aliphatic rings. The maximum Gasteiger partial charge on any atom is 0.136 e. The van der Waals surface area contributed by atoms with Gasteiger partial charge in [0.2, 0.25) is 0 Å². The van der Waals surface area contributed by atoms with Crippen molar-refractivity contribution in [2.24, 2.45) is 0 Å². The summed E-state index contributed by atoms with van der Waals surface area (Å²) in [6.45, 7) is 6.23. The summed E-state index contributed by atoms with van der Waals surface area (Å²) >= 11 is 0. The molecule has 0 saturated carbocycles. The molecule has 0 atom stereocenters. The fraction of sp³-hybridized carbons (Fsp3) is 0.235. The maximum atomic E-state index is 5.94. The molecule has 3 aromatic rings. The molecule has 2 aromatic heterocycles. The normalized spacial score (nSPS) is 11.8. The second-order valence-corrected chi connectivity index (χ2v) is 6.16. The Morgan fingerprint density at radius 1 is 1.00 bits per heavy atom. The van der Waals surface area contributed by atoms with E-state index in [1.165, 1.54) is 0 Å². The summed E-state index contributed by atoms with van der Waals surface area (Å²) < 4.78 is 0. The van der Waals surface area contributed by atoms with Crippen LogP contribution in [0.1, 0.15) is 26.6 Å². The molecule has 0 aliphatic carbocycles. The summed E-state index contributed by atoms with van der Waals surface area (Å²) in [5, 5.41) is 1.11. The highest BCUT2D eigenvalue weighted by Crippen LogP contribution is 2.26. The largest absolute Gasteiger partial charge is 0.384 e. The fourth-order valence-corrected chi connectivity index (χ4v) is 2.18. The van der Waals surface area contributed by atoms with Gasteiger partial charge in [0.05, 0.1) is 11.2 Å². The molecule has 3 rings (SSSR count). The number of nitrogen functional groups attached to an aromatic ring is 1. The number of hydrogen-bond donors (Lipinski definition) is 1. The van der Waals surface area contributed by atoms with Gasteiger partial charge in [-0.25, -0.2) is 9.97 Å². The van der Waals surface area contributed by atoms with Crippen molar-refractivity contribution in [2.75, 3.05) is 5.73 Å². The monoisotopic (exact) mass is 278 g/mol. The predicted molar refractivity (Wildman–Crippen MR) is 85.9 cm³/mol. The van der Waals surface area contributed by atoms with Gasteiger partial charge in [0, 0.05) is 28.6 Å². The molecule has 0 amide bonds. The van der Waals surface area contributed by atoms with Crippen LogP contribution in [0.25, 0.3) is 22.2 Å². The topological polar surface area (TPSA) is 64.7 Å². The van der Waals surface area contributed by atoms with Crippen LogP contribution in [0.3, 0.4) is 0 Å². The van der Waals surface area contributed by atoms with E-state index in [0.29, 0.717) is 5.82 Å². The highest BCUT2D eigenvalue weighted by Gasteiger charge is 2.19. The first-order valence-electron chi connectivity index (χ1n) is 6.94. The molecule has 21 heavy (non-hydrogen) atoms. The highest BCUT2D eigenvalue weighted by molar-refractivity contribution is 5.83. The first-order valence-corrected chi connectivity index (χ1v) is 6.94. The summed E-state index contributed by atoms with van der Waals surface area (Å²) in [6, 6.07) is 11.9. The molecule has 0 bridgehead atoms. The molecular weight excluding hydrogens is 260 g/mol. The Hall–Kier alpha value is -2.49. The van der Waals surface area contributed by atoms with Crippen LogP contribution < -0.4 is 5.73 Å². The Kier molecular flexibility index (Phi) is 3.09. The van der Waals surface area contributed by atoms with Gasteiger partial charge < -0.3 is 5.73 Å². The average Bonchev–Trinajstić information content (AvgIpc) is 2.45. The molecule has 106 valence electrons. The molecule has 2 heterocycles. The van der Waals surface area contributed by atoms with Crippen LogP contribution >= 0.6 is 0 Å². The van der Waals surface area contributed by atoms with Crippen LogP contribution in [-0.4, -0.2) is 15.0 Å². The number of benzene rings is 1. The Balaban J connectivity index is 2.16. The molecule has 2 N–H and O–H groups in total. The molecule has 0 unspecified atom stereocenters. The second kappa shape index (κ2) is 4.81. The summed E-state index contributed by atoms with van der Waals surface area (Å²) in [4.78, 5) is 13.4. The SMILES string of the molecule is CC(C)(C)c1nc(N)cc(-c2ccc3cccnc3c2)n1. The third kappa shape index (κ3) is 2.70. The van der Waals surface area contributed by atoms with Crippen molar-refractivity contribution in [3.8, 4) is 11.3 Å². The number of nitrogens with zero attached hydrogens (tertiary/aromatic N) is 3. The van der Waals surface area contributed by atoms with Gasteiger partial charge in [0.25, 0.3) is 0 Å². The Morgan fingerprint density at radius 3 is 2.57 bits per heavy atom. The van der Waals surface area contributed by atoms with Crippen LogP contribution in [0.2, 0.25) is 0 Å². The van der Waals surface area contributed by atoms with Crippen molar-refractivity contribution in [3.63, 3.8) is 0 Å². The number of pyridine rings is 1. The lowest BCUT2D eigenvalue weighted by Gasteiger charge is -2.17. The van der Waals surface area contributed by atoms with E-state index in [2.05, 4.69) is 35.7 Å². The summed E-state index contributed by atoms with van der Waals surface area (Å²) in [7, 11) is 0. The third-order valence-corrected chi connectivity index (χ3v) is 3.32. The van der Waals surface area contributed by atoms with Crippen LogP contribution in [0.15, 0.2) is 42.6 Å². The minimum absolute atomic E-state index is 0.140. The molecule has 4 nitrogen and oxygen atoms in total. The Bertz CT molecular complexity index is 803. The van der Waals surface area contributed by atoms with Gasteiger partial charge in [-0.3, -0.25) is 4.98 Å². The number of anilines is 1. The lowest BCUT2D eigenvalue weighted by molar-refractivity contribution is 0.547. The van der Waals surface area contributed by atoms with E-state index in [4.69, 9.17) is 5.73 Å². The van der Waals surface area contributed by atoms with E-state index < -0.39 is 0 Å². The van der Waals surface area contributed by atoms with Crippen molar-refractivity contribution in [2.45, 2.75) is 26.2 Å². The van der Waals surface area contributed by atoms with Crippen molar-refractivity contribution in [1.29, 1.82) is 0 Å². The smallest absolute Gasteiger partial charge is 0.136 e. The van der Waals surface area contributed by atoms with Gasteiger partial charge in [0.1, 0.15) is 11.6 Å². The van der Waals surface area contributed by atoms with E-state index in [-0.39, 0.29) is 5.41 Å². The maximum absolute atomic E-state index is 5.94. The highest BCUT2D eigenvalue weighted by atomic mass is 15.0. The molecule has 1 aromatic carbocycles. The van der Waals surface area contributed by atoms with Gasteiger partial charge in [-0.15, -0.1) is 0 Å². The van der Waals surface area contributed by atoms with E-state index >= 15 is 0 Å². The molecular formula is C17H18N4. The van der Waals surface area contributed by atoms with Gasteiger partial charge in [-0.05, 0) is 12.1 Å². The van der Waals surface area contributed by atoms with E-state index in [9.17, 15) is 0 Å². The molecule has 0 radical (unpaired) electrons. The van der Waals surface area contributed by atoms with E-state index in [1.54, 1.807) is 12.3 Å². The van der Waals surface area contributed by atoms with Crippen molar-refractivity contribution < 1.29 is 0 Å². The summed E-state index contributed by atoms with van der Waals surface area (Å²) in [5.41, 5.74) is 8.58. The minimum Gasteiger partial charge on any atom is -0.384 e.